The van der Waals surface area contributed by atoms with Gasteiger partial charge in [-0.3, -0.25) is 0 Å². The third-order valence-corrected chi connectivity index (χ3v) is 16.5. The molecule has 0 atom stereocenters. The largest absolute Gasteiger partial charge is 0.309 e. The van der Waals surface area contributed by atoms with Crippen LogP contribution in [0.15, 0.2) is 146 Å². The summed E-state index contributed by atoms with van der Waals surface area (Å²) in [7, 11) is 0. The first kappa shape index (κ1) is 57.4. The highest BCUT2D eigenvalue weighted by Crippen LogP contribution is 2.41. The van der Waals surface area contributed by atoms with Crippen LogP contribution in [0, 0.1) is 10.5 Å². The smallest absolute Gasteiger partial charge is 0.166 e. The molecule has 0 bridgehead atoms. The van der Waals surface area contributed by atoms with Crippen molar-refractivity contribution in [2.24, 2.45) is 0 Å². The zero-order chi connectivity index (χ0) is 57.8. The van der Waals surface area contributed by atoms with Crippen molar-refractivity contribution in [2.45, 2.75) is 164 Å². The fourth-order valence-corrected chi connectivity index (χ4v) is 11.6. The second-order valence-corrected chi connectivity index (χ2v) is 28.0. The molecule has 0 fully saturated rings. The van der Waals surface area contributed by atoms with Crippen LogP contribution in [0.5, 0.6) is 0 Å². The van der Waals surface area contributed by atoms with Gasteiger partial charge in [-0.05, 0) is 195 Å². The van der Waals surface area contributed by atoms with Crippen LogP contribution in [0.2, 0.25) is 0 Å². The number of aromatic nitrogens is 6. The van der Waals surface area contributed by atoms with E-state index in [1.807, 2.05) is 0 Å². The number of benzene rings is 7. The minimum atomic E-state index is -0.0986. The lowest BCUT2D eigenvalue weighted by molar-refractivity contribution is 0.588. The number of fused-ring (bicyclic) bond motifs is 3. The molecule has 3 heterocycles. The molecule has 0 amide bonds. The van der Waals surface area contributed by atoms with Crippen molar-refractivity contribution in [3.05, 3.63) is 188 Å². The molecule has 0 aliphatic heterocycles. The molecule has 0 radical (unpaired) electrons. The van der Waals surface area contributed by atoms with Gasteiger partial charge < -0.3 is 4.57 Å². The second kappa shape index (κ2) is 22.5. The maximum Gasteiger partial charge on any atom is 0.166 e. The van der Waals surface area contributed by atoms with Gasteiger partial charge in [0.25, 0.3) is 0 Å². The molecule has 6 nitrogen and oxygen atoms in total. The van der Waals surface area contributed by atoms with Crippen LogP contribution in [0.4, 0.5) is 0 Å². The molecule has 81 heavy (non-hydrogen) atoms. The molecule has 0 saturated heterocycles. The van der Waals surface area contributed by atoms with Gasteiger partial charge in [-0.15, -0.1) is 0 Å². The van der Waals surface area contributed by atoms with Crippen LogP contribution in [0.25, 0.3) is 95.6 Å². The minimum absolute atomic E-state index is 0.0679. The van der Waals surface area contributed by atoms with Gasteiger partial charge in [0.15, 0.2) is 23.3 Å². The molecule has 10 aromatic rings. The number of nitrogens with zero attached hydrogens (tertiary/aromatic N) is 6. The van der Waals surface area contributed by atoms with Crippen molar-refractivity contribution in [3.8, 4) is 73.8 Å². The van der Waals surface area contributed by atoms with Gasteiger partial charge in [-0.25, -0.2) is 24.9 Å². The Morgan fingerprint density at radius 3 is 1.33 bits per heavy atom. The van der Waals surface area contributed by atoms with Crippen LogP contribution in [-0.2, 0) is 34.5 Å². The lowest BCUT2D eigenvalue weighted by Crippen LogP contribution is -2.12. The highest BCUT2D eigenvalue weighted by Gasteiger charge is 2.26. The Bertz CT molecular complexity index is 3930. The summed E-state index contributed by atoms with van der Waals surface area (Å²) in [5.41, 5.74) is 19.2. The van der Waals surface area contributed by atoms with Crippen molar-refractivity contribution in [3.63, 3.8) is 0 Å². The van der Waals surface area contributed by atoms with Gasteiger partial charge in [0.2, 0.25) is 0 Å². The maximum absolute atomic E-state index is 5.67. The van der Waals surface area contributed by atoms with Gasteiger partial charge in [-0.2, -0.15) is 0 Å². The van der Waals surface area contributed by atoms with E-state index in [2.05, 4.69) is 277 Å². The summed E-state index contributed by atoms with van der Waals surface area (Å²) in [5, 5.41) is 2.36. The third kappa shape index (κ3) is 12.5. The number of unbranched alkanes of at least 4 members (excludes halogenated alkanes) is 2. The SMILES string of the molecule is CCCCc1cc(-c2nc(-c3cc(I)cc(C(C)(C)C)c3)cc(-c3ccc(-n4c5ccccc5c5ccccc54)c(-c4nc(-c5cc(C)cc(C(C)(C)C)c5)nc(-c5cc(CCCC)cc(C(C)(C)C)c5)n4)c3)n2)cc(C(C)(C)C)c1. The Balaban J connectivity index is 1.31. The lowest BCUT2D eigenvalue weighted by atomic mass is 9.84. The van der Waals surface area contributed by atoms with Crippen LogP contribution in [0.3, 0.4) is 0 Å². The van der Waals surface area contributed by atoms with Crippen LogP contribution in [-0.4, -0.2) is 29.5 Å². The summed E-state index contributed by atoms with van der Waals surface area (Å²) in [6, 6.07) is 54.1. The fourth-order valence-electron chi connectivity index (χ4n) is 11.0. The highest BCUT2D eigenvalue weighted by molar-refractivity contribution is 14.1. The average molecular weight is 1180 g/mol. The number of hydrogen-bond donors (Lipinski definition) is 0. The molecule has 7 heteroatoms. The highest BCUT2D eigenvalue weighted by atomic mass is 127. The van der Waals surface area contributed by atoms with E-state index in [4.69, 9.17) is 24.9 Å². The number of halogens is 1. The first-order chi connectivity index (χ1) is 38.3. The van der Waals surface area contributed by atoms with E-state index >= 15 is 0 Å². The zero-order valence-corrected chi connectivity index (χ0v) is 52.8. The normalized spacial score (nSPS) is 12.5. The third-order valence-electron chi connectivity index (χ3n) is 15.8. The lowest BCUT2D eigenvalue weighted by Gasteiger charge is -2.22. The van der Waals surface area contributed by atoms with Gasteiger partial charge in [0.1, 0.15) is 0 Å². The first-order valence-electron chi connectivity index (χ1n) is 29.4. The first-order valence-corrected chi connectivity index (χ1v) is 30.4. The summed E-state index contributed by atoms with van der Waals surface area (Å²) < 4.78 is 3.56. The predicted molar refractivity (Wildman–Crippen MR) is 352 cm³/mol. The quantitative estimate of drug-likeness (QED) is 0.108. The van der Waals surface area contributed by atoms with Gasteiger partial charge in [-0.1, -0.05) is 176 Å². The van der Waals surface area contributed by atoms with Crippen molar-refractivity contribution in [1.29, 1.82) is 0 Å². The topological polar surface area (TPSA) is 69.4 Å². The molecule has 10 rings (SSSR count). The molecule has 0 N–H and O–H groups in total. The number of rotatable bonds is 13. The van der Waals surface area contributed by atoms with E-state index in [0.717, 1.165) is 106 Å². The van der Waals surface area contributed by atoms with Crippen molar-refractivity contribution >= 4 is 44.4 Å². The van der Waals surface area contributed by atoms with Crippen LogP contribution >= 0.6 is 22.6 Å². The predicted octanol–water partition coefficient (Wildman–Crippen LogP) is 20.5. The van der Waals surface area contributed by atoms with E-state index in [0.29, 0.717) is 23.3 Å². The average Bonchev–Trinajstić information content (AvgIpc) is 4.07. The molecular formula is C74H81IN6. The van der Waals surface area contributed by atoms with Gasteiger partial charge >= 0.3 is 0 Å². The second-order valence-electron chi connectivity index (χ2n) is 26.7. The Kier molecular flexibility index (Phi) is 15.9. The molecule has 0 unspecified atom stereocenters. The summed E-state index contributed by atoms with van der Waals surface area (Å²) >= 11 is 2.47. The standard InChI is InChI=1S/C74H81IN6/c1-16-18-24-47-34-52(40-55(36-47)72(7,8)9)67-76-62(45-63(77-67)50-38-57(74(13,14)15)44-58(75)42-50)49-30-31-66(81-64-28-22-20-26-59(64)60-27-21-23-29-65(60)81)61(43-49)70-79-68(51-32-46(3)33-54(39-51)71(4,5)6)78-69(80-70)53-35-48(25-19-17-2)37-56(41-53)73(10,11)12/h20-23,26-45H,16-19,24-25H2,1-15H3. The van der Waals surface area contributed by atoms with E-state index in [1.54, 1.807) is 0 Å². The maximum atomic E-state index is 5.67. The monoisotopic (exact) mass is 1180 g/mol. The van der Waals surface area contributed by atoms with Crippen molar-refractivity contribution in [1.82, 2.24) is 29.5 Å². The molecular weight excluding hydrogens is 1100 g/mol. The zero-order valence-electron chi connectivity index (χ0n) is 50.7. The summed E-state index contributed by atoms with van der Waals surface area (Å²) in [6.07, 6.45) is 6.43. The Labute approximate surface area is 496 Å². The molecule has 414 valence electrons. The Hall–Kier alpha value is -6.84. The Morgan fingerprint density at radius 2 is 0.827 bits per heavy atom. The van der Waals surface area contributed by atoms with Crippen LogP contribution in [0.1, 0.15) is 162 Å². The molecule has 7 aromatic carbocycles. The van der Waals surface area contributed by atoms with Gasteiger partial charge in [0, 0.05) is 47.7 Å². The number of hydrogen-bond acceptors (Lipinski definition) is 5. The molecule has 0 spiro atoms. The van der Waals surface area contributed by atoms with E-state index < -0.39 is 0 Å². The van der Waals surface area contributed by atoms with E-state index in [9.17, 15) is 0 Å². The van der Waals surface area contributed by atoms with Crippen LogP contribution < -0.4 is 0 Å². The van der Waals surface area contributed by atoms with Gasteiger partial charge in [0.05, 0.1) is 28.1 Å². The van der Waals surface area contributed by atoms with E-state index in [1.165, 1.54) is 47.7 Å². The number of aryl methyl sites for hydroxylation is 3. The minimum Gasteiger partial charge on any atom is -0.309 e. The van der Waals surface area contributed by atoms with E-state index in [-0.39, 0.29) is 21.7 Å². The molecule has 0 aliphatic rings. The fraction of sp³-hybridized carbons (Fsp3) is 0.338. The van der Waals surface area contributed by atoms with Crippen molar-refractivity contribution < 1.29 is 0 Å². The summed E-state index contributed by atoms with van der Waals surface area (Å²) in [4.78, 5) is 28.0. The van der Waals surface area contributed by atoms with Crippen molar-refractivity contribution in [2.75, 3.05) is 0 Å². The summed E-state index contributed by atoms with van der Waals surface area (Å²) in [5.74, 6) is 2.57. The molecule has 3 aromatic heterocycles. The molecule has 0 saturated carbocycles. The summed E-state index contributed by atoms with van der Waals surface area (Å²) in [6.45, 7) is 34.1. The Morgan fingerprint density at radius 1 is 0.395 bits per heavy atom. The number of para-hydroxylation sites is 2. The molecule has 0 aliphatic carbocycles.